The Kier molecular flexibility index (Phi) is 4.78. The van der Waals surface area contributed by atoms with Gasteiger partial charge in [-0.2, -0.15) is 0 Å². The van der Waals surface area contributed by atoms with Crippen LogP contribution in [0.3, 0.4) is 0 Å². The summed E-state index contributed by atoms with van der Waals surface area (Å²) in [4.78, 5) is 16.8. The SMILES string of the molecule is CC(NCC(C)(C)C(O)C(C)C)c1ccc2[nH]c(=O)[nH]c2c1. The second kappa shape index (κ2) is 6.26. The van der Waals surface area contributed by atoms with E-state index in [1.807, 2.05) is 32.0 Å². The van der Waals surface area contributed by atoms with Crippen molar-refractivity contribution in [2.24, 2.45) is 11.3 Å². The maximum Gasteiger partial charge on any atom is 0.323 e. The average molecular weight is 305 g/mol. The molecule has 122 valence electrons. The van der Waals surface area contributed by atoms with E-state index in [1.54, 1.807) is 0 Å². The Hall–Kier alpha value is -1.59. The van der Waals surface area contributed by atoms with Gasteiger partial charge in [-0.25, -0.2) is 4.79 Å². The second-order valence-corrected chi connectivity index (χ2v) is 7.16. The summed E-state index contributed by atoms with van der Waals surface area (Å²) < 4.78 is 0. The van der Waals surface area contributed by atoms with Gasteiger partial charge in [-0.15, -0.1) is 0 Å². The quantitative estimate of drug-likeness (QED) is 0.662. The van der Waals surface area contributed by atoms with Crippen LogP contribution in [-0.2, 0) is 0 Å². The fraction of sp³-hybridized carbons (Fsp3) is 0.588. The number of benzene rings is 1. The topological polar surface area (TPSA) is 80.9 Å². The Morgan fingerprint density at radius 1 is 1.18 bits per heavy atom. The summed E-state index contributed by atoms with van der Waals surface area (Å²) in [7, 11) is 0. The highest BCUT2D eigenvalue weighted by Gasteiger charge is 2.30. The van der Waals surface area contributed by atoms with Gasteiger partial charge < -0.3 is 20.4 Å². The third-order valence-electron chi connectivity index (χ3n) is 4.34. The van der Waals surface area contributed by atoms with Crippen LogP contribution in [0.25, 0.3) is 11.0 Å². The van der Waals surface area contributed by atoms with E-state index in [0.717, 1.165) is 23.1 Å². The van der Waals surface area contributed by atoms with Crippen molar-refractivity contribution in [3.63, 3.8) is 0 Å². The molecule has 0 spiro atoms. The number of nitrogens with one attached hydrogen (secondary N) is 3. The summed E-state index contributed by atoms with van der Waals surface area (Å²) in [6.45, 7) is 11.0. The number of imidazole rings is 1. The summed E-state index contributed by atoms with van der Waals surface area (Å²) in [5.41, 5.74) is 2.36. The third kappa shape index (κ3) is 3.59. The van der Waals surface area contributed by atoms with Gasteiger partial charge >= 0.3 is 5.69 Å². The minimum Gasteiger partial charge on any atom is -0.392 e. The fourth-order valence-corrected chi connectivity index (χ4v) is 2.86. The molecule has 1 aromatic heterocycles. The van der Waals surface area contributed by atoms with Crippen molar-refractivity contribution in [2.75, 3.05) is 6.54 Å². The zero-order valence-electron chi connectivity index (χ0n) is 14.0. The van der Waals surface area contributed by atoms with E-state index in [-0.39, 0.29) is 29.2 Å². The number of aliphatic hydroxyl groups is 1. The Balaban J connectivity index is 2.07. The molecule has 0 radical (unpaired) electrons. The molecule has 0 fully saturated rings. The lowest BCUT2D eigenvalue weighted by Crippen LogP contribution is -2.42. The Labute approximate surface area is 131 Å². The van der Waals surface area contributed by atoms with Gasteiger partial charge in [0.25, 0.3) is 0 Å². The first-order chi connectivity index (χ1) is 10.2. The summed E-state index contributed by atoms with van der Waals surface area (Å²) >= 11 is 0. The maximum absolute atomic E-state index is 11.3. The molecule has 1 aromatic carbocycles. The van der Waals surface area contributed by atoms with Crippen LogP contribution < -0.4 is 11.0 Å². The van der Waals surface area contributed by atoms with E-state index in [1.165, 1.54) is 0 Å². The minimum atomic E-state index is -0.351. The first-order valence-electron chi connectivity index (χ1n) is 7.84. The van der Waals surface area contributed by atoms with Gasteiger partial charge in [-0.3, -0.25) is 0 Å². The third-order valence-corrected chi connectivity index (χ3v) is 4.34. The molecule has 5 nitrogen and oxygen atoms in total. The van der Waals surface area contributed by atoms with Gasteiger partial charge in [0.15, 0.2) is 0 Å². The molecule has 0 aliphatic heterocycles. The van der Waals surface area contributed by atoms with Crippen LogP contribution in [0.15, 0.2) is 23.0 Å². The van der Waals surface area contributed by atoms with Gasteiger partial charge in [-0.1, -0.05) is 33.8 Å². The lowest BCUT2D eigenvalue weighted by Gasteiger charge is -2.34. The molecule has 4 N–H and O–H groups in total. The van der Waals surface area contributed by atoms with Crippen molar-refractivity contribution in [2.45, 2.75) is 46.8 Å². The zero-order valence-corrected chi connectivity index (χ0v) is 14.0. The Morgan fingerprint density at radius 3 is 2.45 bits per heavy atom. The van der Waals surface area contributed by atoms with Gasteiger partial charge in [-0.05, 0) is 30.5 Å². The van der Waals surface area contributed by atoms with Crippen LogP contribution in [-0.4, -0.2) is 27.7 Å². The molecule has 2 unspecified atom stereocenters. The number of fused-ring (bicyclic) bond motifs is 1. The molecule has 1 heterocycles. The van der Waals surface area contributed by atoms with E-state index in [2.05, 4.69) is 36.1 Å². The van der Waals surface area contributed by atoms with Crippen molar-refractivity contribution in [1.82, 2.24) is 15.3 Å². The van der Waals surface area contributed by atoms with Gasteiger partial charge in [0, 0.05) is 18.0 Å². The van der Waals surface area contributed by atoms with Gasteiger partial charge in [0.1, 0.15) is 0 Å². The standard InChI is InChI=1S/C17H27N3O2/c1-10(2)15(21)17(4,5)9-18-11(3)12-6-7-13-14(8-12)20-16(22)19-13/h6-8,10-11,15,18,21H,9H2,1-5H3,(H2,19,20,22). The predicted octanol–water partition coefficient (Wildman–Crippen LogP) is 2.55. The highest BCUT2D eigenvalue weighted by atomic mass is 16.3. The summed E-state index contributed by atoms with van der Waals surface area (Å²) in [5, 5.41) is 13.8. The molecule has 0 amide bonds. The summed E-state index contributed by atoms with van der Waals surface area (Å²) in [6.07, 6.45) is -0.351. The monoisotopic (exact) mass is 305 g/mol. The highest BCUT2D eigenvalue weighted by Crippen LogP contribution is 2.26. The molecule has 2 aromatic rings. The molecule has 0 saturated heterocycles. The molecule has 22 heavy (non-hydrogen) atoms. The lowest BCUT2D eigenvalue weighted by molar-refractivity contribution is 0.0124. The molecule has 0 bridgehead atoms. The molecule has 2 atom stereocenters. The van der Waals surface area contributed by atoms with E-state index >= 15 is 0 Å². The minimum absolute atomic E-state index is 0.140. The smallest absolute Gasteiger partial charge is 0.323 e. The first-order valence-corrected chi connectivity index (χ1v) is 7.84. The number of aromatic amines is 2. The Morgan fingerprint density at radius 2 is 1.82 bits per heavy atom. The van der Waals surface area contributed by atoms with E-state index < -0.39 is 0 Å². The predicted molar refractivity (Wildman–Crippen MR) is 90.0 cm³/mol. The van der Waals surface area contributed by atoms with Crippen LogP contribution in [0.1, 0.15) is 46.2 Å². The zero-order chi connectivity index (χ0) is 16.5. The van der Waals surface area contributed by atoms with Gasteiger partial charge in [0.2, 0.25) is 0 Å². The number of hydrogen-bond acceptors (Lipinski definition) is 3. The number of rotatable bonds is 6. The molecular formula is C17H27N3O2. The summed E-state index contributed by atoms with van der Waals surface area (Å²) in [5.74, 6) is 0.230. The molecule has 2 rings (SSSR count). The van der Waals surface area contributed by atoms with E-state index in [0.29, 0.717) is 0 Å². The number of hydrogen-bond donors (Lipinski definition) is 4. The van der Waals surface area contributed by atoms with E-state index in [4.69, 9.17) is 0 Å². The largest absolute Gasteiger partial charge is 0.392 e. The van der Waals surface area contributed by atoms with E-state index in [9.17, 15) is 9.90 Å². The summed E-state index contributed by atoms with van der Waals surface area (Å²) in [6, 6.07) is 6.04. The molecular weight excluding hydrogens is 278 g/mol. The van der Waals surface area contributed by atoms with Crippen molar-refractivity contribution in [3.05, 3.63) is 34.2 Å². The van der Waals surface area contributed by atoms with Crippen molar-refractivity contribution in [3.8, 4) is 0 Å². The first kappa shape index (κ1) is 16.8. The second-order valence-electron chi connectivity index (χ2n) is 7.16. The van der Waals surface area contributed by atoms with Gasteiger partial charge in [0.05, 0.1) is 17.1 Å². The molecule has 5 heteroatoms. The van der Waals surface area contributed by atoms with Crippen LogP contribution in [0, 0.1) is 11.3 Å². The molecule has 0 saturated carbocycles. The van der Waals surface area contributed by atoms with Crippen LogP contribution in [0.4, 0.5) is 0 Å². The average Bonchev–Trinajstić information content (AvgIpc) is 2.82. The van der Waals surface area contributed by atoms with Crippen LogP contribution in [0.5, 0.6) is 0 Å². The fourth-order valence-electron chi connectivity index (χ4n) is 2.86. The number of H-pyrrole nitrogens is 2. The van der Waals surface area contributed by atoms with Crippen LogP contribution in [0.2, 0.25) is 0 Å². The highest BCUT2D eigenvalue weighted by molar-refractivity contribution is 5.75. The Bertz CT molecular complexity index is 685. The molecule has 0 aliphatic carbocycles. The lowest BCUT2D eigenvalue weighted by atomic mass is 9.80. The molecule has 0 aliphatic rings. The van der Waals surface area contributed by atoms with Crippen LogP contribution >= 0.6 is 0 Å². The number of aliphatic hydroxyl groups excluding tert-OH is 1. The van der Waals surface area contributed by atoms with Crippen molar-refractivity contribution >= 4 is 11.0 Å². The van der Waals surface area contributed by atoms with Crippen molar-refractivity contribution < 1.29 is 5.11 Å². The maximum atomic E-state index is 11.3. The number of aromatic nitrogens is 2. The van der Waals surface area contributed by atoms with Crippen molar-refractivity contribution in [1.29, 1.82) is 0 Å². The normalized spacial score (nSPS) is 15.4.